The SMILES string of the molecule is CCCCCC/C=C\CCCCCCCC(=O)OC(COC(=O)CCCCCCCCCCC)COC(=O)CCCCCCCCCCCCCCCCCCCCCCCCCCCCCCCCC. The number of rotatable bonds is 60. The lowest BCUT2D eigenvalue weighted by molar-refractivity contribution is -0.167. The molecule has 0 aromatic rings. The van der Waals surface area contributed by atoms with E-state index in [1.165, 1.54) is 263 Å². The molecule has 6 nitrogen and oxygen atoms in total. The van der Waals surface area contributed by atoms with Crippen LogP contribution in [0, 0.1) is 0 Å². The van der Waals surface area contributed by atoms with Gasteiger partial charge in [0.25, 0.3) is 0 Å². The fraction of sp³-hybridized carbons (Fsp3) is 0.923. The highest BCUT2D eigenvalue weighted by atomic mass is 16.6. The summed E-state index contributed by atoms with van der Waals surface area (Å²) in [5.74, 6) is -0.856. The number of unbranched alkanes of at least 4 members (excludes halogenated alkanes) is 47. The lowest BCUT2D eigenvalue weighted by atomic mass is 10.0. The van der Waals surface area contributed by atoms with Crippen molar-refractivity contribution in [1.29, 1.82) is 0 Å². The fourth-order valence-corrected chi connectivity index (χ4v) is 9.91. The van der Waals surface area contributed by atoms with Crippen LogP contribution in [0.25, 0.3) is 0 Å². The molecule has 0 heterocycles. The van der Waals surface area contributed by atoms with E-state index in [4.69, 9.17) is 14.2 Å². The van der Waals surface area contributed by atoms with Gasteiger partial charge in [0, 0.05) is 19.3 Å². The van der Waals surface area contributed by atoms with Gasteiger partial charge in [-0.25, -0.2) is 0 Å². The lowest BCUT2D eigenvalue weighted by Gasteiger charge is -2.18. The maximum Gasteiger partial charge on any atom is 0.306 e. The van der Waals surface area contributed by atoms with Gasteiger partial charge in [0.15, 0.2) is 6.10 Å². The maximum absolute atomic E-state index is 12.8. The molecule has 1 unspecified atom stereocenters. The normalized spacial score (nSPS) is 12.0. The highest BCUT2D eigenvalue weighted by molar-refractivity contribution is 5.71. The Bertz CT molecular complexity index is 1100. The van der Waals surface area contributed by atoms with Crippen molar-refractivity contribution in [3.63, 3.8) is 0 Å². The van der Waals surface area contributed by atoms with Crippen LogP contribution in [0.1, 0.15) is 367 Å². The second kappa shape index (κ2) is 60.7. The monoisotopic (exact) mass is 1000 g/mol. The Labute approximate surface area is 443 Å². The molecule has 0 fully saturated rings. The van der Waals surface area contributed by atoms with Crippen molar-refractivity contribution in [1.82, 2.24) is 0 Å². The average Bonchev–Trinajstić information content (AvgIpc) is 3.37. The second-order valence-corrected chi connectivity index (χ2v) is 22.0. The zero-order chi connectivity index (χ0) is 51.4. The molecule has 0 bridgehead atoms. The highest BCUT2D eigenvalue weighted by Crippen LogP contribution is 2.18. The maximum atomic E-state index is 12.8. The van der Waals surface area contributed by atoms with Crippen molar-refractivity contribution in [3.8, 4) is 0 Å². The van der Waals surface area contributed by atoms with Gasteiger partial charge in [0.2, 0.25) is 0 Å². The summed E-state index contributed by atoms with van der Waals surface area (Å²) in [5, 5.41) is 0. The number of esters is 3. The van der Waals surface area contributed by atoms with Gasteiger partial charge >= 0.3 is 17.9 Å². The number of hydrogen-bond donors (Lipinski definition) is 0. The van der Waals surface area contributed by atoms with Crippen molar-refractivity contribution in [2.24, 2.45) is 0 Å². The second-order valence-electron chi connectivity index (χ2n) is 22.0. The van der Waals surface area contributed by atoms with Gasteiger partial charge in [-0.3, -0.25) is 14.4 Å². The topological polar surface area (TPSA) is 78.9 Å². The third-order valence-corrected chi connectivity index (χ3v) is 14.8. The molecule has 0 aromatic heterocycles. The quantitative estimate of drug-likeness (QED) is 0.0261. The van der Waals surface area contributed by atoms with Crippen LogP contribution < -0.4 is 0 Å². The number of carbonyl (C=O) groups excluding carboxylic acids is 3. The first-order chi connectivity index (χ1) is 35.0. The molecular weight excluding hydrogens is 877 g/mol. The molecule has 0 amide bonds. The Kier molecular flexibility index (Phi) is 59.1. The van der Waals surface area contributed by atoms with Gasteiger partial charge < -0.3 is 14.2 Å². The van der Waals surface area contributed by atoms with Crippen molar-refractivity contribution in [2.75, 3.05) is 13.2 Å². The minimum absolute atomic E-state index is 0.0678. The number of ether oxygens (including phenoxy) is 3. The highest BCUT2D eigenvalue weighted by Gasteiger charge is 2.19. The van der Waals surface area contributed by atoms with Crippen molar-refractivity contribution < 1.29 is 28.6 Å². The van der Waals surface area contributed by atoms with Gasteiger partial charge in [-0.2, -0.15) is 0 Å². The summed E-state index contributed by atoms with van der Waals surface area (Å²) in [5.41, 5.74) is 0. The summed E-state index contributed by atoms with van der Waals surface area (Å²) in [4.78, 5) is 38.0. The van der Waals surface area contributed by atoms with E-state index in [9.17, 15) is 14.4 Å². The first-order valence-corrected chi connectivity index (χ1v) is 32.2. The lowest BCUT2D eigenvalue weighted by Crippen LogP contribution is -2.30. The molecule has 0 aliphatic rings. The molecule has 6 heteroatoms. The molecule has 0 saturated heterocycles. The van der Waals surface area contributed by atoms with Crippen LogP contribution in [0.15, 0.2) is 12.2 Å². The van der Waals surface area contributed by atoms with Crippen LogP contribution in [0.3, 0.4) is 0 Å². The van der Waals surface area contributed by atoms with Crippen LogP contribution in [0.2, 0.25) is 0 Å². The van der Waals surface area contributed by atoms with Crippen molar-refractivity contribution >= 4 is 17.9 Å². The van der Waals surface area contributed by atoms with E-state index in [1.54, 1.807) is 0 Å². The van der Waals surface area contributed by atoms with E-state index in [1.807, 2.05) is 0 Å². The first-order valence-electron chi connectivity index (χ1n) is 32.2. The van der Waals surface area contributed by atoms with Crippen LogP contribution in [0.5, 0.6) is 0 Å². The van der Waals surface area contributed by atoms with E-state index in [0.29, 0.717) is 19.3 Å². The molecule has 420 valence electrons. The van der Waals surface area contributed by atoms with Gasteiger partial charge in [-0.15, -0.1) is 0 Å². The zero-order valence-electron chi connectivity index (χ0n) is 48.3. The van der Waals surface area contributed by atoms with E-state index in [-0.39, 0.29) is 31.1 Å². The van der Waals surface area contributed by atoms with Gasteiger partial charge in [0.1, 0.15) is 13.2 Å². The summed E-state index contributed by atoms with van der Waals surface area (Å²) in [6, 6.07) is 0. The van der Waals surface area contributed by atoms with Crippen LogP contribution >= 0.6 is 0 Å². The Morgan fingerprint density at radius 3 is 0.718 bits per heavy atom. The zero-order valence-corrected chi connectivity index (χ0v) is 48.3. The van der Waals surface area contributed by atoms with Gasteiger partial charge in [0.05, 0.1) is 0 Å². The Morgan fingerprint density at radius 1 is 0.268 bits per heavy atom. The summed E-state index contributed by atoms with van der Waals surface area (Å²) < 4.78 is 16.8. The van der Waals surface area contributed by atoms with E-state index < -0.39 is 6.10 Å². The van der Waals surface area contributed by atoms with Crippen LogP contribution in [0.4, 0.5) is 0 Å². The molecule has 71 heavy (non-hydrogen) atoms. The molecule has 0 aromatic carbocycles. The molecule has 0 spiro atoms. The molecule has 0 saturated carbocycles. The molecule has 0 rings (SSSR count). The molecule has 0 aliphatic carbocycles. The standard InChI is InChI=1S/C65H124O6/c1-4-7-10-13-16-19-21-23-24-25-26-27-28-29-30-31-32-33-34-35-36-37-38-39-40-42-43-46-49-52-55-58-64(67)70-61-62(60-69-63(66)57-54-51-48-45-18-15-12-9-6-3)71-65(68)59-56-53-50-47-44-41-22-20-17-14-11-8-5-2/h20,22,62H,4-19,21,23-61H2,1-3H3/b22-20-. The summed E-state index contributed by atoms with van der Waals surface area (Å²) in [6.45, 7) is 6.66. The molecule has 0 N–H and O–H groups in total. The van der Waals surface area contributed by atoms with Gasteiger partial charge in [-0.05, 0) is 44.9 Å². The molecule has 1 atom stereocenters. The van der Waals surface area contributed by atoms with Crippen LogP contribution in [-0.4, -0.2) is 37.2 Å². The predicted octanol–water partition coefficient (Wildman–Crippen LogP) is 21.7. The Hall–Kier alpha value is -1.85. The minimum atomic E-state index is -0.768. The van der Waals surface area contributed by atoms with Crippen LogP contribution in [-0.2, 0) is 28.6 Å². The van der Waals surface area contributed by atoms with E-state index in [2.05, 4.69) is 32.9 Å². The van der Waals surface area contributed by atoms with Crippen molar-refractivity contribution in [2.45, 2.75) is 374 Å². The Balaban J connectivity index is 3.98. The summed E-state index contributed by atoms with van der Waals surface area (Å²) in [6.07, 6.45) is 71.2. The molecule has 0 aliphatic heterocycles. The van der Waals surface area contributed by atoms with Crippen molar-refractivity contribution in [3.05, 3.63) is 12.2 Å². The predicted molar refractivity (Wildman–Crippen MR) is 307 cm³/mol. The molecule has 0 radical (unpaired) electrons. The van der Waals surface area contributed by atoms with E-state index >= 15 is 0 Å². The fourth-order valence-electron chi connectivity index (χ4n) is 9.91. The third-order valence-electron chi connectivity index (χ3n) is 14.8. The number of allylic oxidation sites excluding steroid dienone is 2. The first kappa shape index (κ1) is 69.2. The summed E-state index contributed by atoms with van der Waals surface area (Å²) >= 11 is 0. The van der Waals surface area contributed by atoms with E-state index in [0.717, 1.165) is 64.2 Å². The van der Waals surface area contributed by atoms with Gasteiger partial charge in [-0.1, -0.05) is 315 Å². The largest absolute Gasteiger partial charge is 0.462 e. The number of hydrogen-bond acceptors (Lipinski definition) is 6. The minimum Gasteiger partial charge on any atom is -0.462 e. The Morgan fingerprint density at radius 2 is 0.465 bits per heavy atom. The molecular formula is C65H124O6. The number of carbonyl (C=O) groups is 3. The third kappa shape index (κ3) is 58.9. The summed E-state index contributed by atoms with van der Waals surface area (Å²) in [7, 11) is 0. The smallest absolute Gasteiger partial charge is 0.306 e. The average molecular weight is 1000 g/mol.